The first kappa shape index (κ1) is 20.8. The molecule has 1 aromatic carbocycles. The number of nitrogens with zero attached hydrogens (tertiary/aromatic N) is 1. The Hall–Kier alpha value is -2.53. The van der Waals surface area contributed by atoms with Crippen LogP contribution in [0, 0.1) is 24.2 Å². The second kappa shape index (κ2) is 9.42. The first-order valence-electron chi connectivity index (χ1n) is 9.93. The van der Waals surface area contributed by atoms with Crippen molar-refractivity contribution in [2.75, 3.05) is 0 Å². The van der Waals surface area contributed by atoms with Crippen molar-refractivity contribution in [2.24, 2.45) is 5.92 Å². The summed E-state index contributed by atoms with van der Waals surface area (Å²) in [6.45, 7) is 12.9. The van der Waals surface area contributed by atoms with Gasteiger partial charge in [-0.25, -0.2) is 0 Å². The number of rotatable bonds is 7. The number of aromatic nitrogens is 1. The molecule has 2 nitrogen and oxygen atoms in total. The van der Waals surface area contributed by atoms with E-state index >= 15 is 0 Å². The molecule has 0 radical (unpaired) electrons. The molecule has 0 saturated carbocycles. The van der Waals surface area contributed by atoms with Crippen LogP contribution in [0.25, 0.3) is 10.9 Å². The molecule has 1 unspecified atom stereocenters. The van der Waals surface area contributed by atoms with Crippen molar-refractivity contribution in [3.8, 4) is 6.07 Å². The highest BCUT2D eigenvalue weighted by molar-refractivity contribution is 5.85. The summed E-state index contributed by atoms with van der Waals surface area (Å²) in [7, 11) is 0. The second-order valence-corrected chi connectivity index (χ2v) is 7.57. The first-order valence-corrected chi connectivity index (χ1v) is 9.93. The van der Waals surface area contributed by atoms with Crippen molar-refractivity contribution in [1.29, 1.82) is 5.26 Å². The van der Waals surface area contributed by atoms with Crippen molar-refractivity contribution >= 4 is 10.9 Å². The molecular weight excluding hydrogens is 328 g/mol. The molecule has 0 amide bonds. The molecule has 0 bridgehead atoms. The number of H-pyrrole nitrogens is 1. The van der Waals surface area contributed by atoms with Crippen LogP contribution in [-0.2, 0) is 12.8 Å². The Bertz CT molecular complexity index is 925. The van der Waals surface area contributed by atoms with Gasteiger partial charge in [-0.05, 0) is 82.2 Å². The molecule has 142 valence electrons. The van der Waals surface area contributed by atoms with E-state index in [-0.39, 0.29) is 0 Å². The van der Waals surface area contributed by atoms with Gasteiger partial charge in [-0.15, -0.1) is 0 Å². The maximum atomic E-state index is 9.12. The smallest absolute Gasteiger partial charge is 0.0988 e. The zero-order chi connectivity index (χ0) is 20.0. The Balaban J connectivity index is 2.21. The maximum absolute atomic E-state index is 9.12. The molecule has 0 fully saturated rings. The van der Waals surface area contributed by atoms with Crippen LogP contribution in [0.3, 0.4) is 0 Å². The van der Waals surface area contributed by atoms with Crippen LogP contribution in [0.1, 0.15) is 57.9 Å². The lowest BCUT2D eigenvalue weighted by atomic mass is 9.90. The normalized spacial score (nSPS) is 13.1. The summed E-state index contributed by atoms with van der Waals surface area (Å²) < 4.78 is 0. The van der Waals surface area contributed by atoms with Crippen LogP contribution >= 0.6 is 0 Å². The molecule has 1 heterocycles. The van der Waals surface area contributed by atoms with Crippen molar-refractivity contribution in [3.05, 3.63) is 70.0 Å². The Kier molecular flexibility index (Phi) is 7.25. The number of aryl methyl sites for hydroxylation is 3. The van der Waals surface area contributed by atoms with E-state index in [0.717, 1.165) is 19.3 Å². The molecule has 1 N–H and O–H groups in total. The molecule has 0 aliphatic rings. The zero-order valence-corrected chi connectivity index (χ0v) is 17.6. The van der Waals surface area contributed by atoms with E-state index in [1.54, 1.807) is 0 Å². The number of hydrogen-bond donors (Lipinski definition) is 1. The van der Waals surface area contributed by atoms with E-state index in [2.05, 4.69) is 69.9 Å². The molecule has 2 heteroatoms. The van der Waals surface area contributed by atoms with Gasteiger partial charge < -0.3 is 4.98 Å². The van der Waals surface area contributed by atoms with Crippen LogP contribution in [0.2, 0.25) is 0 Å². The van der Waals surface area contributed by atoms with Gasteiger partial charge in [-0.3, -0.25) is 0 Å². The summed E-state index contributed by atoms with van der Waals surface area (Å²) in [6, 6.07) is 8.89. The van der Waals surface area contributed by atoms with Crippen LogP contribution in [-0.4, -0.2) is 4.98 Å². The predicted octanol–water partition coefficient (Wildman–Crippen LogP) is 6.97. The summed E-state index contributed by atoms with van der Waals surface area (Å²) in [6.07, 6.45) is 9.08. The summed E-state index contributed by atoms with van der Waals surface area (Å²) in [5, 5.41) is 10.5. The average Bonchev–Trinajstić information content (AvgIpc) is 2.99. The summed E-state index contributed by atoms with van der Waals surface area (Å²) >= 11 is 0. The van der Waals surface area contributed by atoms with Crippen LogP contribution in [0.15, 0.2) is 53.1 Å². The minimum Gasteiger partial charge on any atom is -0.358 e. The minimum absolute atomic E-state index is 0.445. The Morgan fingerprint density at radius 3 is 2.59 bits per heavy atom. The summed E-state index contributed by atoms with van der Waals surface area (Å²) in [4.78, 5) is 3.65. The van der Waals surface area contributed by atoms with Crippen LogP contribution in [0.4, 0.5) is 0 Å². The lowest BCUT2D eigenvalue weighted by Gasteiger charge is -2.15. The quantitative estimate of drug-likeness (QED) is 0.420. The van der Waals surface area contributed by atoms with Crippen molar-refractivity contribution in [1.82, 2.24) is 4.98 Å². The molecule has 2 rings (SSSR count). The highest BCUT2D eigenvalue weighted by atomic mass is 14.7. The lowest BCUT2D eigenvalue weighted by molar-refractivity contribution is 0.613. The molecule has 1 aromatic heterocycles. The largest absolute Gasteiger partial charge is 0.358 e. The fourth-order valence-corrected chi connectivity index (χ4v) is 3.75. The SMILES string of the molecule is C/C=C(C#N)\C=C/C(=C(C)C)C(C)CCc1[nH]c2ccc(C)cc2c1CC. The molecular formula is C25H32N2. The molecule has 1 atom stereocenters. The Morgan fingerprint density at radius 2 is 2.00 bits per heavy atom. The summed E-state index contributed by atoms with van der Waals surface area (Å²) in [5.74, 6) is 0.445. The van der Waals surface area contributed by atoms with E-state index in [1.807, 2.05) is 19.1 Å². The number of benzene rings is 1. The zero-order valence-electron chi connectivity index (χ0n) is 17.6. The predicted molar refractivity (Wildman–Crippen MR) is 117 cm³/mol. The molecule has 0 aliphatic carbocycles. The molecule has 2 aromatic rings. The number of fused-ring (bicyclic) bond motifs is 1. The fraction of sp³-hybridized carbons (Fsp3) is 0.400. The van der Waals surface area contributed by atoms with Gasteiger partial charge in [0.15, 0.2) is 0 Å². The fourth-order valence-electron chi connectivity index (χ4n) is 3.75. The number of allylic oxidation sites excluding steroid dienone is 6. The standard InChI is InChI=1S/C25H32N2/c1-7-20(16-26)11-12-22(17(3)4)19(6)10-14-24-21(8-2)23-15-18(5)9-13-25(23)27-24/h7,9,11-13,15,19,27H,8,10,14H2,1-6H3/b12-11-,20-7+. The van der Waals surface area contributed by atoms with Crippen molar-refractivity contribution in [2.45, 2.75) is 60.8 Å². The monoisotopic (exact) mass is 360 g/mol. The van der Waals surface area contributed by atoms with Gasteiger partial charge in [0.1, 0.15) is 0 Å². The van der Waals surface area contributed by atoms with Crippen molar-refractivity contribution < 1.29 is 0 Å². The van der Waals surface area contributed by atoms with Crippen LogP contribution < -0.4 is 0 Å². The van der Waals surface area contributed by atoms with E-state index in [4.69, 9.17) is 5.26 Å². The van der Waals surface area contributed by atoms with Gasteiger partial charge in [-0.2, -0.15) is 5.26 Å². The second-order valence-electron chi connectivity index (χ2n) is 7.57. The van der Waals surface area contributed by atoms with Gasteiger partial charge in [0.05, 0.1) is 6.07 Å². The Labute approximate surface area is 164 Å². The summed E-state index contributed by atoms with van der Waals surface area (Å²) in [5.41, 5.74) is 8.73. The first-order chi connectivity index (χ1) is 12.9. The van der Waals surface area contributed by atoms with Gasteiger partial charge in [-0.1, -0.05) is 43.2 Å². The van der Waals surface area contributed by atoms with Crippen LogP contribution in [0.5, 0.6) is 0 Å². The molecule has 0 spiro atoms. The number of hydrogen-bond acceptors (Lipinski definition) is 1. The van der Waals surface area contributed by atoms with Gasteiger partial charge in [0.2, 0.25) is 0 Å². The number of nitrogens with one attached hydrogen (secondary N) is 1. The van der Waals surface area contributed by atoms with Gasteiger partial charge in [0.25, 0.3) is 0 Å². The van der Waals surface area contributed by atoms with E-state index in [0.29, 0.717) is 11.5 Å². The van der Waals surface area contributed by atoms with E-state index < -0.39 is 0 Å². The number of nitriles is 1. The molecule has 27 heavy (non-hydrogen) atoms. The van der Waals surface area contributed by atoms with Gasteiger partial charge in [0, 0.05) is 22.2 Å². The number of aromatic amines is 1. The topological polar surface area (TPSA) is 39.6 Å². The average molecular weight is 361 g/mol. The highest BCUT2D eigenvalue weighted by Crippen LogP contribution is 2.28. The van der Waals surface area contributed by atoms with E-state index in [1.165, 1.54) is 38.9 Å². The molecule has 0 aliphatic heterocycles. The lowest BCUT2D eigenvalue weighted by Crippen LogP contribution is -2.03. The van der Waals surface area contributed by atoms with E-state index in [9.17, 15) is 0 Å². The highest BCUT2D eigenvalue weighted by Gasteiger charge is 2.13. The maximum Gasteiger partial charge on any atom is 0.0988 e. The third kappa shape index (κ3) is 5.01. The minimum atomic E-state index is 0.445. The third-order valence-corrected chi connectivity index (χ3v) is 5.32. The Morgan fingerprint density at radius 1 is 1.26 bits per heavy atom. The molecule has 0 saturated heterocycles. The van der Waals surface area contributed by atoms with Crippen molar-refractivity contribution in [3.63, 3.8) is 0 Å². The van der Waals surface area contributed by atoms with Gasteiger partial charge >= 0.3 is 0 Å². The third-order valence-electron chi connectivity index (χ3n) is 5.32.